The topological polar surface area (TPSA) is 86.2 Å². The van der Waals surface area contributed by atoms with Crippen molar-refractivity contribution in [1.82, 2.24) is 0 Å². The molecule has 0 saturated heterocycles. The SMILES string of the molecule is NC(=O)c1c(C2CCCCC2)cc2ccccc2c1C1CCCCC1.NC=O. The second-order valence-corrected chi connectivity index (χ2v) is 8.15. The van der Waals surface area contributed by atoms with Crippen LogP contribution in [-0.2, 0) is 4.79 Å². The number of primary amides is 2. The number of amides is 2. The highest BCUT2D eigenvalue weighted by Gasteiger charge is 2.28. The lowest BCUT2D eigenvalue weighted by molar-refractivity contribution is -0.106. The fourth-order valence-electron chi connectivity index (χ4n) is 5.22. The summed E-state index contributed by atoms with van der Waals surface area (Å²) in [5.41, 5.74) is 13.5. The minimum absolute atomic E-state index is 0.216. The van der Waals surface area contributed by atoms with Crippen molar-refractivity contribution < 1.29 is 9.59 Å². The molecule has 4 heteroatoms. The molecule has 2 aromatic carbocycles. The average molecular weight is 381 g/mol. The predicted molar refractivity (Wildman–Crippen MR) is 114 cm³/mol. The second-order valence-electron chi connectivity index (χ2n) is 8.15. The first-order valence-corrected chi connectivity index (χ1v) is 10.7. The third-order valence-electron chi connectivity index (χ3n) is 6.42. The van der Waals surface area contributed by atoms with Gasteiger partial charge >= 0.3 is 0 Å². The maximum absolute atomic E-state index is 12.6. The van der Waals surface area contributed by atoms with Gasteiger partial charge in [-0.05, 0) is 59.4 Å². The van der Waals surface area contributed by atoms with Crippen molar-refractivity contribution in [3.63, 3.8) is 0 Å². The monoisotopic (exact) mass is 380 g/mol. The smallest absolute Gasteiger partial charge is 0.249 e. The molecule has 150 valence electrons. The Kier molecular flexibility index (Phi) is 7.07. The van der Waals surface area contributed by atoms with Crippen LogP contribution in [-0.4, -0.2) is 12.3 Å². The summed E-state index contributed by atoms with van der Waals surface area (Å²) in [6.07, 6.45) is 12.8. The molecule has 2 amide bonds. The molecule has 0 bridgehead atoms. The number of hydrogen-bond acceptors (Lipinski definition) is 2. The number of fused-ring (bicyclic) bond motifs is 1. The fourth-order valence-corrected chi connectivity index (χ4v) is 5.22. The van der Waals surface area contributed by atoms with Crippen LogP contribution < -0.4 is 11.5 Å². The van der Waals surface area contributed by atoms with E-state index >= 15 is 0 Å². The van der Waals surface area contributed by atoms with Crippen molar-refractivity contribution >= 4 is 23.1 Å². The molecule has 4 rings (SSSR count). The van der Waals surface area contributed by atoms with E-state index in [9.17, 15) is 4.79 Å². The molecule has 2 aromatic rings. The highest BCUT2D eigenvalue weighted by Crippen LogP contribution is 2.43. The largest absolute Gasteiger partial charge is 0.372 e. The quantitative estimate of drug-likeness (QED) is 0.723. The number of nitrogens with two attached hydrogens (primary N) is 2. The normalized spacial score (nSPS) is 18.3. The Morgan fingerprint density at radius 1 is 0.893 bits per heavy atom. The molecule has 0 aliphatic heterocycles. The number of benzene rings is 2. The van der Waals surface area contributed by atoms with Crippen molar-refractivity contribution in [2.45, 2.75) is 76.0 Å². The summed E-state index contributed by atoms with van der Waals surface area (Å²) in [6.45, 7) is 0. The van der Waals surface area contributed by atoms with E-state index in [2.05, 4.69) is 36.1 Å². The van der Waals surface area contributed by atoms with Gasteiger partial charge in [-0.25, -0.2) is 0 Å². The minimum atomic E-state index is -0.216. The molecule has 28 heavy (non-hydrogen) atoms. The van der Waals surface area contributed by atoms with E-state index in [4.69, 9.17) is 10.5 Å². The van der Waals surface area contributed by atoms with E-state index in [0.29, 0.717) is 11.8 Å². The zero-order valence-corrected chi connectivity index (χ0v) is 16.7. The van der Waals surface area contributed by atoms with Crippen molar-refractivity contribution in [2.75, 3.05) is 0 Å². The Hall–Kier alpha value is -2.36. The number of carbonyl (C=O) groups excluding carboxylic acids is 2. The van der Waals surface area contributed by atoms with Crippen LogP contribution in [0.25, 0.3) is 10.8 Å². The number of rotatable bonds is 3. The molecule has 0 spiro atoms. The summed E-state index contributed by atoms with van der Waals surface area (Å²) in [5, 5.41) is 2.54. The van der Waals surface area contributed by atoms with Gasteiger partial charge < -0.3 is 11.5 Å². The molecule has 0 atom stereocenters. The molecule has 0 radical (unpaired) electrons. The van der Waals surface area contributed by atoms with Gasteiger partial charge in [0.15, 0.2) is 0 Å². The highest BCUT2D eigenvalue weighted by molar-refractivity contribution is 6.03. The van der Waals surface area contributed by atoms with Gasteiger partial charge in [0.1, 0.15) is 0 Å². The zero-order chi connectivity index (χ0) is 19.9. The van der Waals surface area contributed by atoms with Crippen molar-refractivity contribution in [3.8, 4) is 0 Å². The summed E-state index contributed by atoms with van der Waals surface area (Å²) in [4.78, 5) is 21.2. The fraction of sp³-hybridized carbons (Fsp3) is 0.500. The van der Waals surface area contributed by atoms with E-state index in [1.165, 1.54) is 86.1 Å². The maximum atomic E-state index is 12.6. The van der Waals surface area contributed by atoms with Crippen LogP contribution in [0, 0.1) is 0 Å². The Bertz CT molecular complexity index is 819. The van der Waals surface area contributed by atoms with Crippen LogP contribution in [0.5, 0.6) is 0 Å². The molecular formula is C24H32N2O2. The van der Waals surface area contributed by atoms with Crippen LogP contribution in [0.4, 0.5) is 0 Å². The summed E-state index contributed by atoms with van der Waals surface area (Å²) in [7, 11) is 0. The Labute approximate surface area is 167 Å². The Morgan fingerprint density at radius 3 is 2.00 bits per heavy atom. The van der Waals surface area contributed by atoms with Crippen molar-refractivity contribution in [1.29, 1.82) is 0 Å². The summed E-state index contributed by atoms with van der Waals surface area (Å²) in [5.74, 6) is 0.778. The van der Waals surface area contributed by atoms with Crippen LogP contribution >= 0.6 is 0 Å². The van der Waals surface area contributed by atoms with E-state index in [0.717, 1.165) is 5.56 Å². The van der Waals surface area contributed by atoms with E-state index < -0.39 is 0 Å². The summed E-state index contributed by atoms with van der Waals surface area (Å²) in [6, 6.07) is 10.9. The molecule has 4 nitrogen and oxygen atoms in total. The first kappa shape index (κ1) is 20.4. The van der Waals surface area contributed by atoms with Gasteiger partial charge in [-0.15, -0.1) is 0 Å². The van der Waals surface area contributed by atoms with Crippen molar-refractivity contribution in [2.24, 2.45) is 11.5 Å². The lowest BCUT2D eigenvalue weighted by Gasteiger charge is -2.30. The van der Waals surface area contributed by atoms with Gasteiger partial charge in [-0.2, -0.15) is 0 Å². The van der Waals surface area contributed by atoms with Gasteiger partial charge in [-0.3, -0.25) is 9.59 Å². The lowest BCUT2D eigenvalue weighted by atomic mass is 9.74. The van der Waals surface area contributed by atoms with E-state index in [-0.39, 0.29) is 12.3 Å². The first-order valence-electron chi connectivity index (χ1n) is 10.7. The molecule has 2 fully saturated rings. The molecule has 0 aromatic heterocycles. The molecule has 4 N–H and O–H groups in total. The van der Waals surface area contributed by atoms with E-state index in [1.54, 1.807) is 0 Å². The highest BCUT2D eigenvalue weighted by atomic mass is 16.1. The zero-order valence-electron chi connectivity index (χ0n) is 16.7. The number of hydrogen-bond donors (Lipinski definition) is 2. The Morgan fingerprint density at radius 2 is 1.43 bits per heavy atom. The second kappa shape index (κ2) is 9.72. The summed E-state index contributed by atoms with van der Waals surface area (Å²) >= 11 is 0. The first-order chi connectivity index (χ1) is 13.7. The number of carbonyl (C=O) groups is 2. The van der Waals surface area contributed by atoms with Gasteiger partial charge in [0, 0.05) is 5.56 Å². The maximum Gasteiger partial charge on any atom is 0.249 e. The molecule has 2 aliphatic carbocycles. The third kappa shape index (κ3) is 4.37. The van der Waals surface area contributed by atoms with Gasteiger partial charge in [-0.1, -0.05) is 68.9 Å². The van der Waals surface area contributed by atoms with Gasteiger partial charge in [0.25, 0.3) is 0 Å². The molecule has 2 saturated carbocycles. The standard InChI is InChI=1S/C23H29NO.CH3NO/c24-23(25)22-20(16-9-3-1-4-10-16)15-18-13-7-8-14-19(18)21(22)17-11-5-2-6-12-17;2-1-3/h7-8,13-17H,1-6,9-12H2,(H2,24,25);1H,(H2,2,3). The third-order valence-corrected chi connectivity index (χ3v) is 6.42. The average Bonchev–Trinajstić information content (AvgIpc) is 2.74. The van der Waals surface area contributed by atoms with Crippen LogP contribution in [0.1, 0.15) is 97.5 Å². The predicted octanol–water partition coefficient (Wildman–Crippen LogP) is 5.14. The van der Waals surface area contributed by atoms with Gasteiger partial charge in [0.05, 0.1) is 0 Å². The van der Waals surface area contributed by atoms with Crippen LogP contribution in [0.3, 0.4) is 0 Å². The van der Waals surface area contributed by atoms with Gasteiger partial charge in [0.2, 0.25) is 12.3 Å². The molecule has 2 aliphatic rings. The Balaban J connectivity index is 0.000000706. The van der Waals surface area contributed by atoms with E-state index in [1.807, 2.05) is 0 Å². The molecule has 0 unspecified atom stereocenters. The lowest BCUT2D eigenvalue weighted by Crippen LogP contribution is -2.22. The molecule has 0 heterocycles. The minimum Gasteiger partial charge on any atom is -0.372 e. The van der Waals surface area contributed by atoms with Crippen molar-refractivity contribution in [3.05, 3.63) is 47.0 Å². The van der Waals surface area contributed by atoms with Crippen LogP contribution in [0.2, 0.25) is 0 Å². The molecular weight excluding hydrogens is 348 g/mol. The van der Waals surface area contributed by atoms with Crippen LogP contribution in [0.15, 0.2) is 30.3 Å². The summed E-state index contributed by atoms with van der Waals surface area (Å²) < 4.78 is 0.